The molecule has 2 N–H and O–H groups in total. The van der Waals surface area contributed by atoms with E-state index in [0.717, 1.165) is 58.7 Å². The van der Waals surface area contributed by atoms with Gasteiger partial charge in [0.1, 0.15) is 0 Å². The molecule has 3 aliphatic heterocycles. The van der Waals surface area contributed by atoms with Crippen LogP contribution in [0.2, 0.25) is 0 Å². The van der Waals surface area contributed by atoms with Crippen molar-refractivity contribution in [2.24, 2.45) is 0 Å². The summed E-state index contributed by atoms with van der Waals surface area (Å²) in [6.45, 7) is 8.60. The number of nitrogens with zero attached hydrogens (tertiary/aromatic N) is 2. The van der Waals surface area contributed by atoms with E-state index in [1.165, 1.54) is 0 Å². The molecule has 0 spiro atoms. The highest BCUT2D eigenvalue weighted by Crippen LogP contribution is 2.15. The molecule has 0 saturated carbocycles. The number of hydrogen-bond donors (Lipinski definition) is 2. The zero-order chi connectivity index (χ0) is 13.8. The van der Waals surface area contributed by atoms with Crippen LogP contribution in [0.4, 0.5) is 0 Å². The molecular weight excluding hydrogens is 256 g/mol. The van der Waals surface area contributed by atoms with Crippen LogP contribution in [0.5, 0.6) is 0 Å². The van der Waals surface area contributed by atoms with Crippen LogP contribution in [0, 0.1) is 0 Å². The first-order valence-electron chi connectivity index (χ1n) is 7.87. The first kappa shape index (κ1) is 14.3. The summed E-state index contributed by atoms with van der Waals surface area (Å²) in [5.74, 6) is 0.138. The number of carbonyl (C=O) groups excluding carboxylic acids is 1. The minimum Gasteiger partial charge on any atom is -0.376 e. The normalized spacial score (nSPS) is 29.3. The second-order valence-corrected chi connectivity index (χ2v) is 6.07. The van der Waals surface area contributed by atoms with Crippen molar-refractivity contribution in [1.29, 1.82) is 0 Å². The summed E-state index contributed by atoms with van der Waals surface area (Å²) in [6, 6.07) is 0.656. The summed E-state index contributed by atoms with van der Waals surface area (Å²) in [5, 5.41) is 6.36. The van der Waals surface area contributed by atoms with E-state index in [-0.39, 0.29) is 12.0 Å². The lowest BCUT2D eigenvalue weighted by Gasteiger charge is -2.46. The molecule has 0 aromatic carbocycles. The molecular formula is C14H26N4O2. The summed E-state index contributed by atoms with van der Waals surface area (Å²) >= 11 is 0. The van der Waals surface area contributed by atoms with E-state index in [4.69, 9.17) is 4.74 Å². The highest BCUT2D eigenvalue weighted by atomic mass is 16.5. The minimum atomic E-state index is 0.138. The fourth-order valence-corrected chi connectivity index (χ4v) is 3.24. The molecule has 1 atom stereocenters. The maximum atomic E-state index is 11.9. The first-order valence-corrected chi connectivity index (χ1v) is 7.87. The van der Waals surface area contributed by atoms with Gasteiger partial charge in [0.25, 0.3) is 0 Å². The largest absolute Gasteiger partial charge is 0.376 e. The topological polar surface area (TPSA) is 56.8 Å². The van der Waals surface area contributed by atoms with E-state index in [1.54, 1.807) is 0 Å². The summed E-state index contributed by atoms with van der Waals surface area (Å²) in [7, 11) is 0. The molecule has 1 unspecified atom stereocenters. The van der Waals surface area contributed by atoms with Crippen molar-refractivity contribution in [3.8, 4) is 0 Å². The maximum Gasteiger partial charge on any atom is 0.234 e. The SMILES string of the molecule is O=C(CN1CC(N2CCNCC2)C1)NCC1CCCO1. The van der Waals surface area contributed by atoms with Crippen molar-refractivity contribution in [2.75, 3.05) is 59.0 Å². The van der Waals surface area contributed by atoms with Gasteiger partial charge >= 0.3 is 0 Å². The monoisotopic (exact) mass is 282 g/mol. The summed E-state index contributed by atoms with van der Waals surface area (Å²) < 4.78 is 5.50. The van der Waals surface area contributed by atoms with Crippen LogP contribution in [0.1, 0.15) is 12.8 Å². The molecule has 0 aliphatic carbocycles. The van der Waals surface area contributed by atoms with Crippen molar-refractivity contribution >= 4 is 5.91 Å². The number of nitrogens with one attached hydrogen (secondary N) is 2. The van der Waals surface area contributed by atoms with Gasteiger partial charge in [0.15, 0.2) is 0 Å². The third-order valence-corrected chi connectivity index (χ3v) is 4.52. The quantitative estimate of drug-likeness (QED) is 0.668. The van der Waals surface area contributed by atoms with Crippen LogP contribution in [-0.4, -0.2) is 86.8 Å². The fraction of sp³-hybridized carbons (Fsp3) is 0.929. The molecule has 3 heterocycles. The Morgan fingerprint density at radius 3 is 2.80 bits per heavy atom. The number of ether oxygens (including phenoxy) is 1. The Kier molecular flexibility index (Phi) is 4.88. The second kappa shape index (κ2) is 6.85. The van der Waals surface area contributed by atoms with E-state index in [2.05, 4.69) is 20.4 Å². The Morgan fingerprint density at radius 2 is 2.10 bits per heavy atom. The fourth-order valence-electron chi connectivity index (χ4n) is 3.24. The van der Waals surface area contributed by atoms with Gasteiger partial charge < -0.3 is 15.4 Å². The molecule has 20 heavy (non-hydrogen) atoms. The highest BCUT2D eigenvalue weighted by molar-refractivity contribution is 5.78. The molecule has 3 saturated heterocycles. The van der Waals surface area contributed by atoms with Crippen LogP contribution >= 0.6 is 0 Å². The van der Waals surface area contributed by atoms with Crippen LogP contribution < -0.4 is 10.6 Å². The zero-order valence-electron chi connectivity index (χ0n) is 12.1. The molecule has 1 amide bonds. The smallest absolute Gasteiger partial charge is 0.234 e. The third kappa shape index (κ3) is 3.69. The number of hydrogen-bond acceptors (Lipinski definition) is 5. The van der Waals surface area contributed by atoms with Crippen molar-refractivity contribution in [3.63, 3.8) is 0 Å². The van der Waals surface area contributed by atoms with E-state index >= 15 is 0 Å². The van der Waals surface area contributed by atoms with Crippen molar-refractivity contribution in [3.05, 3.63) is 0 Å². The molecule has 3 rings (SSSR count). The average Bonchev–Trinajstić information content (AvgIpc) is 2.94. The van der Waals surface area contributed by atoms with E-state index in [1.807, 2.05) is 0 Å². The number of likely N-dealkylation sites (tertiary alicyclic amines) is 1. The van der Waals surface area contributed by atoms with Gasteiger partial charge in [-0.25, -0.2) is 0 Å². The third-order valence-electron chi connectivity index (χ3n) is 4.52. The lowest BCUT2D eigenvalue weighted by Crippen LogP contribution is -2.63. The van der Waals surface area contributed by atoms with E-state index in [0.29, 0.717) is 19.1 Å². The zero-order valence-corrected chi connectivity index (χ0v) is 12.1. The van der Waals surface area contributed by atoms with Gasteiger partial charge in [-0.05, 0) is 12.8 Å². The maximum absolute atomic E-state index is 11.9. The Balaban J connectivity index is 1.28. The van der Waals surface area contributed by atoms with Crippen LogP contribution in [0.15, 0.2) is 0 Å². The summed E-state index contributed by atoms with van der Waals surface area (Å²) in [6.07, 6.45) is 2.44. The van der Waals surface area contributed by atoms with Gasteiger partial charge in [-0.3, -0.25) is 14.6 Å². The highest BCUT2D eigenvalue weighted by Gasteiger charge is 2.33. The lowest BCUT2D eigenvalue weighted by atomic mass is 10.1. The first-order chi connectivity index (χ1) is 9.81. The van der Waals surface area contributed by atoms with Gasteiger partial charge in [-0.15, -0.1) is 0 Å². The van der Waals surface area contributed by atoms with Crippen molar-refractivity contribution in [2.45, 2.75) is 25.0 Å². The molecule has 0 bridgehead atoms. The van der Waals surface area contributed by atoms with Gasteiger partial charge in [-0.1, -0.05) is 0 Å². The lowest BCUT2D eigenvalue weighted by molar-refractivity contribution is -0.124. The number of rotatable bonds is 5. The molecule has 0 radical (unpaired) electrons. The Hall–Kier alpha value is -0.690. The molecule has 6 nitrogen and oxygen atoms in total. The average molecular weight is 282 g/mol. The van der Waals surface area contributed by atoms with E-state index in [9.17, 15) is 4.79 Å². The summed E-state index contributed by atoms with van der Waals surface area (Å²) in [5.41, 5.74) is 0. The molecule has 3 aliphatic rings. The van der Waals surface area contributed by atoms with Crippen LogP contribution in [0.3, 0.4) is 0 Å². The van der Waals surface area contributed by atoms with E-state index < -0.39 is 0 Å². The van der Waals surface area contributed by atoms with Gasteiger partial charge in [0.2, 0.25) is 5.91 Å². The molecule has 6 heteroatoms. The van der Waals surface area contributed by atoms with Crippen LogP contribution in [-0.2, 0) is 9.53 Å². The Morgan fingerprint density at radius 1 is 1.30 bits per heavy atom. The standard InChI is InChI=1S/C14H26N4O2/c19-14(16-8-13-2-1-7-20-13)11-17-9-12(10-17)18-5-3-15-4-6-18/h12-13,15H,1-11H2,(H,16,19). The predicted octanol–water partition coefficient (Wildman–Crippen LogP) is -1.13. The van der Waals surface area contributed by atoms with Crippen LogP contribution in [0.25, 0.3) is 0 Å². The van der Waals surface area contributed by atoms with Gasteiger partial charge in [-0.2, -0.15) is 0 Å². The van der Waals surface area contributed by atoms with Crippen molar-refractivity contribution in [1.82, 2.24) is 20.4 Å². The number of piperazine rings is 1. The molecule has 0 aromatic heterocycles. The number of carbonyl (C=O) groups is 1. The predicted molar refractivity (Wildman–Crippen MR) is 76.7 cm³/mol. The number of amides is 1. The molecule has 114 valence electrons. The molecule has 0 aromatic rings. The second-order valence-electron chi connectivity index (χ2n) is 6.07. The Bertz CT molecular complexity index is 321. The minimum absolute atomic E-state index is 0.138. The Labute approximate surface area is 120 Å². The summed E-state index contributed by atoms with van der Waals surface area (Å²) in [4.78, 5) is 16.6. The van der Waals surface area contributed by atoms with Crippen molar-refractivity contribution < 1.29 is 9.53 Å². The molecule has 3 fully saturated rings. The van der Waals surface area contributed by atoms with Gasteiger partial charge in [0.05, 0.1) is 12.6 Å². The van der Waals surface area contributed by atoms with Gasteiger partial charge in [0, 0.05) is 58.5 Å².